The summed E-state index contributed by atoms with van der Waals surface area (Å²) in [5, 5.41) is 6.42. The van der Waals surface area contributed by atoms with Gasteiger partial charge >= 0.3 is 0 Å². The van der Waals surface area contributed by atoms with E-state index in [2.05, 4.69) is 33.2 Å². The maximum Gasteiger partial charge on any atom is 0.251 e. The molecular formula is C15H22ClIN2O2. The van der Waals surface area contributed by atoms with Crippen LogP contribution in [0.4, 0.5) is 0 Å². The first-order valence-electron chi connectivity index (χ1n) is 6.89. The highest BCUT2D eigenvalue weighted by molar-refractivity contribution is 14.1. The Hall–Kier alpha value is -0.370. The number of hydrogen-bond acceptors (Lipinski definition) is 3. The zero-order valence-corrected chi connectivity index (χ0v) is 15.1. The average Bonchev–Trinajstić information content (AvgIpc) is 2.47. The van der Waals surface area contributed by atoms with Crippen molar-refractivity contribution >= 4 is 40.9 Å². The van der Waals surface area contributed by atoms with Gasteiger partial charge in [-0.1, -0.05) is 0 Å². The normalized spacial score (nSPS) is 16.9. The number of benzene rings is 1. The van der Waals surface area contributed by atoms with Crippen molar-refractivity contribution in [1.82, 2.24) is 10.6 Å². The molecule has 0 aromatic heterocycles. The molecule has 0 bridgehead atoms. The molecule has 4 nitrogen and oxygen atoms in total. The van der Waals surface area contributed by atoms with Gasteiger partial charge in [0.2, 0.25) is 0 Å². The van der Waals surface area contributed by atoms with E-state index in [9.17, 15) is 4.79 Å². The third-order valence-electron chi connectivity index (χ3n) is 3.85. The van der Waals surface area contributed by atoms with Gasteiger partial charge in [0.05, 0.1) is 6.61 Å². The Kier molecular flexibility index (Phi) is 7.94. The van der Waals surface area contributed by atoms with Crippen molar-refractivity contribution in [1.29, 1.82) is 0 Å². The fourth-order valence-corrected chi connectivity index (χ4v) is 2.97. The van der Waals surface area contributed by atoms with Gasteiger partial charge in [-0.05, 0) is 72.8 Å². The number of hydrogen-bond donors (Lipinski definition) is 2. The molecule has 0 unspecified atom stereocenters. The molecule has 1 aliphatic heterocycles. The van der Waals surface area contributed by atoms with Gasteiger partial charge in [0, 0.05) is 28.2 Å². The molecule has 1 aromatic carbocycles. The minimum atomic E-state index is -0.00425. The van der Waals surface area contributed by atoms with Crippen LogP contribution in [-0.2, 0) is 4.74 Å². The lowest BCUT2D eigenvalue weighted by Gasteiger charge is -2.37. The van der Waals surface area contributed by atoms with Crippen LogP contribution in [0, 0.1) is 8.99 Å². The fraction of sp³-hybridized carbons (Fsp3) is 0.533. The molecule has 21 heavy (non-hydrogen) atoms. The highest BCUT2D eigenvalue weighted by Crippen LogP contribution is 2.28. The van der Waals surface area contributed by atoms with E-state index in [0.29, 0.717) is 18.7 Å². The second-order valence-corrected chi connectivity index (χ2v) is 6.62. The molecule has 0 saturated carbocycles. The van der Waals surface area contributed by atoms with Crippen molar-refractivity contribution in [3.8, 4) is 0 Å². The van der Waals surface area contributed by atoms with Crippen LogP contribution in [0.5, 0.6) is 0 Å². The highest BCUT2D eigenvalue weighted by atomic mass is 127. The van der Waals surface area contributed by atoms with E-state index in [4.69, 9.17) is 4.74 Å². The van der Waals surface area contributed by atoms with Gasteiger partial charge in [0.15, 0.2) is 0 Å². The first kappa shape index (κ1) is 18.7. The minimum absolute atomic E-state index is 0. The number of methoxy groups -OCH3 is 1. The van der Waals surface area contributed by atoms with E-state index >= 15 is 0 Å². The molecule has 1 heterocycles. The maximum absolute atomic E-state index is 12.2. The number of piperidine rings is 1. The summed E-state index contributed by atoms with van der Waals surface area (Å²) in [6.07, 6.45) is 2.07. The molecule has 0 radical (unpaired) electrons. The van der Waals surface area contributed by atoms with E-state index in [1.807, 2.05) is 24.3 Å². The third kappa shape index (κ3) is 5.39. The van der Waals surface area contributed by atoms with Crippen molar-refractivity contribution in [2.24, 2.45) is 5.41 Å². The number of carbonyl (C=O) groups excluding carboxylic acids is 1. The van der Waals surface area contributed by atoms with Crippen molar-refractivity contribution in [2.75, 3.05) is 33.4 Å². The molecule has 2 rings (SSSR count). The summed E-state index contributed by atoms with van der Waals surface area (Å²) in [5.74, 6) is -0.00425. The van der Waals surface area contributed by atoms with Crippen molar-refractivity contribution in [3.05, 3.63) is 33.4 Å². The minimum Gasteiger partial charge on any atom is -0.384 e. The summed E-state index contributed by atoms with van der Waals surface area (Å²) >= 11 is 2.23. The van der Waals surface area contributed by atoms with E-state index in [-0.39, 0.29) is 23.7 Å². The zero-order chi connectivity index (χ0) is 14.4. The van der Waals surface area contributed by atoms with Gasteiger partial charge in [-0.25, -0.2) is 0 Å². The van der Waals surface area contributed by atoms with Crippen LogP contribution in [0.1, 0.15) is 23.2 Å². The number of rotatable bonds is 5. The molecule has 1 saturated heterocycles. The van der Waals surface area contributed by atoms with Gasteiger partial charge in [0.25, 0.3) is 5.91 Å². The topological polar surface area (TPSA) is 50.4 Å². The van der Waals surface area contributed by atoms with Gasteiger partial charge in [0.1, 0.15) is 0 Å². The first-order chi connectivity index (χ1) is 9.65. The van der Waals surface area contributed by atoms with Crippen LogP contribution in [0.3, 0.4) is 0 Å². The summed E-state index contributed by atoms with van der Waals surface area (Å²) in [4.78, 5) is 12.2. The van der Waals surface area contributed by atoms with E-state index in [1.165, 1.54) is 0 Å². The lowest BCUT2D eigenvalue weighted by molar-refractivity contribution is 0.0512. The SMILES string of the molecule is COCC1(CNC(=O)c2ccc(I)cc2)CCNCC1.Cl. The third-order valence-corrected chi connectivity index (χ3v) is 4.56. The van der Waals surface area contributed by atoms with Gasteiger partial charge in [-0.15, -0.1) is 12.4 Å². The first-order valence-corrected chi connectivity index (χ1v) is 7.97. The van der Waals surface area contributed by atoms with Crippen LogP contribution < -0.4 is 10.6 Å². The Morgan fingerprint density at radius 3 is 2.52 bits per heavy atom. The molecule has 1 aromatic rings. The summed E-state index contributed by atoms with van der Waals surface area (Å²) in [7, 11) is 1.73. The molecule has 0 spiro atoms. The number of carbonyl (C=O) groups is 1. The predicted octanol–water partition coefficient (Wildman–Crippen LogP) is 2.46. The number of halogens is 2. The second kappa shape index (κ2) is 8.92. The second-order valence-electron chi connectivity index (χ2n) is 5.37. The monoisotopic (exact) mass is 424 g/mol. The van der Waals surface area contributed by atoms with Gasteiger partial charge in [-0.3, -0.25) is 4.79 Å². The highest BCUT2D eigenvalue weighted by Gasteiger charge is 2.32. The van der Waals surface area contributed by atoms with E-state index in [1.54, 1.807) is 7.11 Å². The van der Waals surface area contributed by atoms with Crippen LogP contribution in [0.2, 0.25) is 0 Å². The molecule has 2 N–H and O–H groups in total. The molecule has 118 valence electrons. The van der Waals surface area contributed by atoms with Crippen LogP contribution >= 0.6 is 35.0 Å². The summed E-state index contributed by atoms with van der Waals surface area (Å²) in [6.45, 7) is 3.35. The number of ether oxygens (including phenoxy) is 1. The Labute approximate surface area is 145 Å². The van der Waals surface area contributed by atoms with Crippen LogP contribution in [0.25, 0.3) is 0 Å². The van der Waals surface area contributed by atoms with E-state index < -0.39 is 0 Å². The Morgan fingerprint density at radius 1 is 1.33 bits per heavy atom. The Balaban J connectivity index is 0.00000220. The molecule has 6 heteroatoms. The lowest BCUT2D eigenvalue weighted by atomic mass is 9.79. The molecule has 1 fully saturated rings. The molecule has 1 amide bonds. The molecule has 1 aliphatic rings. The van der Waals surface area contributed by atoms with Crippen molar-refractivity contribution in [3.63, 3.8) is 0 Å². The fourth-order valence-electron chi connectivity index (χ4n) is 2.61. The number of amides is 1. The van der Waals surface area contributed by atoms with Gasteiger partial charge < -0.3 is 15.4 Å². The van der Waals surface area contributed by atoms with Crippen LogP contribution in [-0.4, -0.2) is 39.3 Å². The zero-order valence-electron chi connectivity index (χ0n) is 12.2. The Bertz CT molecular complexity index is 442. The lowest BCUT2D eigenvalue weighted by Crippen LogP contribution is -2.47. The smallest absolute Gasteiger partial charge is 0.251 e. The summed E-state index contributed by atoms with van der Waals surface area (Å²) < 4.78 is 6.49. The molecule has 0 atom stereocenters. The summed E-state index contributed by atoms with van der Waals surface area (Å²) in [5.41, 5.74) is 0.783. The molecule has 0 aliphatic carbocycles. The maximum atomic E-state index is 12.2. The summed E-state index contributed by atoms with van der Waals surface area (Å²) in [6, 6.07) is 7.63. The quantitative estimate of drug-likeness (QED) is 0.714. The predicted molar refractivity (Wildman–Crippen MR) is 95.2 cm³/mol. The standard InChI is InChI=1S/C15H21IN2O2.ClH/c1-20-11-15(6-8-17-9-7-15)10-18-14(19)12-2-4-13(16)5-3-12;/h2-5,17H,6-11H2,1H3,(H,18,19);1H. The van der Waals surface area contributed by atoms with Crippen molar-refractivity contribution in [2.45, 2.75) is 12.8 Å². The van der Waals surface area contributed by atoms with Crippen molar-refractivity contribution < 1.29 is 9.53 Å². The largest absolute Gasteiger partial charge is 0.384 e. The van der Waals surface area contributed by atoms with E-state index in [0.717, 1.165) is 29.5 Å². The van der Waals surface area contributed by atoms with Crippen LogP contribution in [0.15, 0.2) is 24.3 Å². The van der Waals surface area contributed by atoms with Gasteiger partial charge in [-0.2, -0.15) is 0 Å². The Morgan fingerprint density at radius 2 is 1.95 bits per heavy atom. The number of nitrogens with one attached hydrogen (secondary N) is 2. The average molecular weight is 425 g/mol. The molecular weight excluding hydrogens is 403 g/mol.